The fraction of sp³-hybridized carbons (Fsp3) is 0.600. The Morgan fingerprint density at radius 3 is 2.73 bits per heavy atom. The molecule has 1 saturated carbocycles. The smallest absolute Gasteiger partial charge is 0.122 e. The van der Waals surface area contributed by atoms with Crippen LogP contribution in [0.2, 0.25) is 0 Å². The lowest BCUT2D eigenvalue weighted by Crippen LogP contribution is -2.17. The van der Waals surface area contributed by atoms with Gasteiger partial charge in [0.2, 0.25) is 0 Å². The highest BCUT2D eigenvalue weighted by Gasteiger charge is 2.34. The monoisotopic (exact) mass is 150 g/mol. The number of rotatable bonds is 1. The summed E-state index contributed by atoms with van der Waals surface area (Å²) in [6, 6.07) is 0. The van der Waals surface area contributed by atoms with Gasteiger partial charge in [-0.25, -0.2) is 0 Å². The minimum absolute atomic E-state index is 0.403. The molecule has 0 N–H and O–H groups in total. The quantitative estimate of drug-likeness (QED) is 0.558. The van der Waals surface area contributed by atoms with Gasteiger partial charge in [-0.05, 0) is 49.8 Å². The average Bonchev–Trinajstić information content (AvgIpc) is 2.77. The summed E-state index contributed by atoms with van der Waals surface area (Å²) in [4.78, 5) is 0. The summed E-state index contributed by atoms with van der Waals surface area (Å²) in [7, 11) is 0. The van der Waals surface area contributed by atoms with Crippen molar-refractivity contribution in [2.45, 2.75) is 32.8 Å². The van der Waals surface area contributed by atoms with Crippen LogP contribution in [0.1, 0.15) is 26.7 Å². The molecule has 1 unspecified atom stereocenters. The van der Waals surface area contributed by atoms with Crippen molar-refractivity contribution < 1.29 is 4.74 Å². The average molecular weight is 150 g/mol. The van der Waals surface area contributed by atoms with E-state index in [2.05, 4.69) is 13.8 Å². The van der Waals surface area contributed by atoms with Crippen LogP contribution in [0.3, 0.4) is 0 Å². The standard InChI is InChI=1S/C10H14O/c1-7-5-6-11-10(8(7)2)9-3-4-9/h5-6,9-10H,3-4H2,1-2H3. The summed E-state index contributed by atoms with van der Waals surface area (Å²) in [5.41, 5.74) is 2.81. The highest BCUT2D eigenvalue weighted by Crippen LogP contribution is 2.39. The fourth-order valence-electron chi connectivity index (χ4n) is 1.55. The Morgan fingerprint density at radius 2 is 2.09 bits per heavy atom. The molecule has 1 fully saturated rings. The molecule has 2 aliphatic rings. The van der Waals surface area contributed by atoms with Crippen LogP contribution in [0.4, 0.5) is 0 Å². The van der Waals surface area contributed by atoms with Crippen molar-refractivity contribution in [2.24, 2.45) is 5.92 Å². The van der Waals surface area contributed by atoms with Crippen LogP contribution in [0.25, 0.3) is 0 Å². The number of hydrogen-bond acceptors (Lipinski definition) is 1. The minimum Gasteiger partial charge on any atom is -0.493 e. The molecule has 60 valence electrons. The Hall–Kier alpha value is -0.720. The van der Waals surface area contributed by atoms with Gasteiger partial charge in [0, 0.05) is 0 Å². The second kappa shape index (κ2) is 2.40. The van der Waals surface area contributed by atoms with Crippen molar-refractivity contribution in [1.29, 1.82) is 0 Å². The number of allylic oxidation sites excluding steroid dienone is 2. The van der Waals surface area contributed by atoms with Crippen molar-refractivity contribution in [3.63, 3.8) is 0 Å². The molecule has 1 nitrogen and oxygen atoms in total. The van der Waals surface area contributed by atoms with Crippen molar-refractivity contribution in [2.75, 3.05) is 0 Å². The maximum Gasteiger partial charge on any atom is 0.122 e. The number of hydrogen-bond donors (Lipinski definition) is 0. The molecule has 0 radical (unpaired) electrons. The number of ether oxygens (including phenoxy) is 1. The second-order valence-electron chi connectivity index (χ2n) is 3.56. The SMILES string of the molecule is CC1=C(C)C(C2CC2)OC=C1. The first-order valence-electron chi connectivity index (χ1n) is 4.28. The molecule has 2 rings (SSSR count). The summed E-state index contributed by atoms with van der Waals surface area (Å²) in [5, 5.41) is 0. The molecule has 0 aromatic rings. The Morgan fingerprint density at radius 1 is 1.36 bits per heavy atom. The third-order valence-corrected chi connectivity index (χ3v) is 2.64. The van der Waals surface area contributed by atoms with Gasteiger partial charge in [-0.3, -0.25) is 0 Å². The fourth-order valence-corrected chi connectivity index (χ4v) is 1.55. The van der Waals surface area contributed by atoms with E-state index in [0.717, 1.165) is 5.92 Å². The molecule has 0 amide bonds. The van der Waals surface area contributed by atoms with Gasteiger partial charge in [-0.2, -0.15) is 0 Å². The molecular weight excluding hydrogens is 136 g/mol. The molecule has 1 atom stereocenters. The summed E-state index contributed by atoms with van der Waals surface area (Å²) < 4.78 is 5.55. The van der Waals surface area contributed by atoms with E-state index in [-0.39, 0.29) is 0 Å². The predicted octanol–water partition coefficient (Wildman–Crippen LogP) is 2.65. The Bertz CT molecular complexity index is 221. The normalized spacial score (nSPS) is 30.5. The van der Waals surface area contributed by atoms with Crippen LogP contribution in [0.5, 0.6) is 0 Å². The highest BCUT2D eigenvalue weighted by molar-refractivity contribution is 5.28. The van der Waals surface area contributed by atoms with Crippen LogP contribution in [-0.2, 0) is 4.74 Å². The zero-order valence-electron chi connectivity index (χ0n) is 7.13. The van der Waals surface area contributed by atoms with Gasteiger partial charge in [0.05, 0.1) is 6.26 Å². The Kier molecular flexibility index (Phi) is 1.52. The van der Waals surface area contributed by atoms with E-state index in [9.17, 15) is 0 Å². The molecule has 1 heterocycles. The van der Waals surface area contributed by atoms with Crippen molar-refractivity contribution >= 4 is 0 Å². The molecule has 1 aliphatic carbocycles. The van der Waals surface area contributed by atoms with Gasteiger partial charge in [0.25, 0.3) is 0 Å². The molecule has 1 aliphatic heterocycles. The van der Waals surface area contributed by atoms with Crippen LogP contribution >= 0.6 is 0 Å². The van der Waals surface area contributed by atoms with E-state index in [1.807, 2.05) is 12.3 Å². The van der Waals surface area contributed by atoms with Gasteiger partial charge in [-0.15, -0.1) is 0 Å². The van der Waals surface area contributed by atoms with Crippen molar-refractivity contribution in [1.82, 2.24) is 0 Å². The maximum absolute atomic E-state index is 5.55. The van der Waals surface area contributed by atoms with Crippen LogP contribution in [-0.4, -0.2) is 6.10 Å². The first-order chi connectivity index (χ1) is 5.29. The lowest BCUT2D eigenvalue weighted by molar-refractivity contribution is 0.150. The van der Waals surface area contributed by atoms with Gasteiger partial charge in [-0.1, -0.05) is 0 Å². The zero-order chi connectivity index (χ0) is 7.84. The molecule has 1 heteroatoms. The van der Waals surface area contributed by atoms with Gasteiger partial charge >= 0.3 is 0 Å². The van der Waals surface area contributed by atoms with Gasteiger partial charge in [0.15, 0.2) is 0 Å². The third kappa shape index (κ3) is 1.20. The van der Waals surface area contributed by atoms with E-state index in [4.69, 9.17) is 4.74 Å². The highest BCUT2D eigenvalue weighted by atomic mass is 16.5. The summed E-state index contributed by atoms with van der Waals surface area (Å²) >= 11 is 0. The Labute approximate surface area is 67.7 Å². The lowest BCUT2D eigenvalue weighted by Gasteiger charge is -2.21. The molecule has 0 bridgehead atoms. The molecule has 11 heavy (non-hydrogen) atoms. The van der Waals surface area contributed by atoms with E-state index < -0.39 is 0 Å². The van der Waals surface area contributed by atoms with E-state index in [0.29, 0.717) is 6.10 Å². The predicted molar refractivity (Wildman–Crippen MR) is 45.1 cm³/mol. The summed E-state index contributed by atoms with van der Waals surface area (Å²) in [6.45, 7) is 4.34. The van der Waals surface area contributed by atoms with E-state index in [1.54, 1.807) is 0 Å². The van der Waals surface area contributed by atoms with Gasteiger partial charge < -0.3 is 4.74 Å². The van der Waals surface area contributed by atoms with Gasteiger partial charge in [0.1, 0.15) is 6.10 Å². The molecular formula is C10H14O. The second-order valence-corrected chi connectivity index (χ2v) is 3.56. The summed E-state index contributed by atoms with van der Waals surface area (Å²) in [5.74, 6) is 0.815. The van der Waals surface area contributed by atoms with Crippen molar-refractivity contribution in [3.8, 4) is 0 Å². The Balaban J connectivity index is 2.18. The molecule has 0 aromatic carbocycles. The topological polar surface area (TPSA) is 9.23 Å². The first kappa shape index (κ1) is 6.96. The molecule has 0 aromatic heterocycles. The van der Waals surface area contributed by atoms with Crippen LogP contribution in [0.15, 0.2) is 23.5 Å². The van der Waals surface area contributed by atoms with Crippen molar-refractivity contribution in [3.05, 3.63) is 23.5 Å². The minimum atomic E-state index is 0.403. The largest absolute Gasteiger partial charge is 0.493 e. The van der Waals surface area contributed by atoms with E-state index >= 15 is 0 Å². The van der Waals surface area contributed by atoms with E-state index in [1.165, 1.54) is 24.0 Å². The van der Waals surface area contributed by atoms with Crippen LogP contribution in [0, 0.1) is 5.92 Å². The van der Waals surface area contributed by atoms with Crippen LogP contribution < -0.4 is 0 Å². The molecule has 0 spiro atoms. The first-order valence-corrected chi connectivity index (χ1v) is 4.28. The molecule has 0 saturated heterocycles. The third-order valence-electron chi connectivity index (χ3n) is 2.64. The summed E-state index contributed by atoms with van der Waals surface area (Å²) in [6.07, 6.45) is 6.99. The maximum atomic E-state index is 5.55. The zero-order valence-corrected chi connectivity index (χ0v) is 7.13. The lowest BCUT2D eigenvalue weighted by atomic mass is 10.0.